The van der Waals surface area contributed by atoms with Crippen molar-refractivity contribution < 1.29 is 0 Å². The Balaban J connectivity index is 4.09. The SMILES string of the molecule is C=C(CCBr)C(=CCC)CCBr. The summed E-state index contributed by atoms with van der Waals surface area (Å²) >= 11 is 6.87. The third-order valence-corrected chi connectivity index (χ3v) is 2.46. The smallest absolute Gasteiger partial charge is 0.00717 e. The predicted molar refractivity (Wildman–Crippen MR) is 64.3 cm³/mol. The van der Waals surface area contributed by atoms with E-state index in [-0.39, 0.29) is 0 Å². The minimum atomic E-state index is 1.01. The maximum absolute atomic E-state index is 4.06. The van der Waals surface area contributed by atoms with Gasteiger partial charge in [0.05, 0.1) is 0 Å². The zero-order valence-corrected chi connectivity index (χ0v) is 10.7. The first kappa shape index (κ1) is 12.4. The molecule has 0 saturated heterocycles. The Morgan fingerprint density at radius 1 is 1.25 bits per heavy atom. The number of halogens is 2. The zero-order chi connectivity index (χ0) is 9.40. The van der Waals surface area contributed by atoms with Crippen LogP contribution in [0.5, 0.6) is 0 Å². The largest absolute Gasteiger partial charge is 0.0955 e. The van der Waals surface area contributed by atoms with Crippen LogP contribution in [0.2, 0.25) is 0 Å². The normalized spacial score (nSPS) is 11.8. The molecule has 0 N–H and O–H groups in total. The van der Waals surface area contributed by atoms with Crippen LogP contribution >= 0.6 is 31.9 Å². The van der Waals surface area contributed by atoms with E-state index >= 15 is 0 Å². The molecule has 70 valence electrons. The van der Waals surface area contributed by atoms with E-state index in [1.807, 2.05) is 0 Å². The molecular weight excluding hydrogens is 280 g/mol. The second-order valence-electron chi connectivity index (χ2n) is 2.62. The summed E-state index contributed by atoms with van der Waals surface area (Å²) in [5.74, 6) is 0. The molecule has 12 heavy (non-hydrogen) atoms. The topological polar surface area (TPSA) is 0 Å². The average molecular weight is 296 g/mol. The predicted octanol–water partition coefficient (Wildman–Crippen LogP) is 4.45. The lowest BCUT2D eigenvalue weighted by atomic mass is 10.0. The van der Waals surface area contributed by atoms with Gasteiger partial charge in [0.25, 0.3) is 0 Å². The van der Waals surface area contributed by atoms with Crippen molar-refractivity contribution >= 4 is 31.9 Å². The molecule has 0 aromatic rings. The molecule has 0 fully saturated rings. The third kappa shape index (κ3) is 5.15. The van der Waals surface area contributed by atoms with Crippen LogP contribution in [0.4, 0.5) is 0 Å². The summed E-state index contributed by atoms with van der Waals surface area (Å²) in [7, 11) is 0. The van der Waals surface area contributed by atoms with Crippen molar-refractivity contribution in [3.63, 3.8) is 0 Å². The fourth-order valence-electron chi connectivity index (χ4n) is 1.05. The van der Waals surface area contributed by atoms with Crippen LogP contribution in [0.1, 0.15) is 26.2 Å². The zero-order valence-electron chi connectivity index (χ0n) is 7.58. The Labute approximate surface area is 92.4 Å². The quantitative estimate of drug-likeness (QED) is 0.502. The Bertz CT molecular complexity index is 159. The van der Waals surface area contributed by atoms with Gasteiger partial charge in [-0.1, -0.05) is 57.0 Å². The molecule has 0 nitrogen and oxygen atoms in total. The Hall–Kier alpha value is 0.440. The summed E-state index contributed by atoms with van der Waals surface area (Å²) in [6.45, 7) is 6.23. The van der Waals surface area contributed by atoms with E-state index in [9.17, 15) is 0 Å². The molecule has 0 aliphatic heterocycles. The number of allylic oxidation sites excluding steroid dienone is 3. The number of rotatable bonds is 6. The lowest BCUT2D eigenvalue weighted by Gasteiger charge is -2.07. The summed E-state index contributed by atoms with van der Waals surface area (Å²) < 4.78 is 0. The lowest BCUT2D eigenvalue weighted by molar-refractivity contribution is 1.03. The first-order chi connectivity index (χ1) is 5.76. The summed E-state index contributed by atoms with van der Waals surface area (Å²) in [5.41, 5.74) is 2.68. The van der Waals surface area contributed by atoms with Crippen molar-refractivity contribution in [1.82, 2.24) is 0 Å². The van der Waals surface area contributed by atoms with Crippen molar-refractivity contribution in [2.45, 2.75) is 26.2 Å². The minimum absolute atomic E-state index is 1.01. The highest BCUT2D eigenvalue weighted by atomic mass is 79.9. The molecule has 0 heterocycles. The lowest BCUT2D eigenvalue weighted by Crippen LogP contribution is -1.91. The minimum Gasteiger partial charge on any atom is -0.0955 e. The molecule has 0 spiro atoms. The molecule has 0 unspecified atom stereocenters. The van der Waals surface area contributed by atoms with Gasteiger partial charge >= 0.3 is 0 Å². The number of hydrogen-bond donors (Lipinski definition) is 0. The third-order valence-electron chi connectivity index (χ3n) is 1.66. The second kappa shape index (κ2) is 8.06. The summed E-state index contributed by atoms with van der Waals surface area (Å²) in [4.78, 5) is 0. The molecular formula is C10H16Br2. The molecule has 0 saturated carbocycles. The van der Waals surface area contributed by atoms with Crippen LogP contribution in [0.3, 0.4) is 0 Å². The van der Waals surface area contributed by atoms with Gasteiger partial charge < -0.3 is 0 Å². The summed E-state index contributed by atoms with van der Waals surface area (Å²) in [6.07, 6.45) is 5.52. The highest BCUT2D eigenvalue weighted by Crippen LogP contribution is 2.18. The van der Waals surface area contributed by atoms with E-state index in [2.05, 4.69) is 51.4 Å². The van der Waals surface area contributed by atoms with Crippen LogP contribution in [0.15, 0.2) is 23.8 Å². The van der Waals surface area contributed by atoms with Crippen molar-refractivity contribution in [2.24, 2.45) is 0 Å². The van der Waals surface area contributed by atoms with E-state index in [0.717, 1.165) is 29.9 Å². The van der Waals surface area contributed by atoms with Gasteiger partial charge in [-0.3, -0.25) is 0 Å². The van der Waals surface area contributed by atoms with Crippen molar-refractivity contribution in [2.75, 3.05) is 10.7 Å². The number of hydrogen-bond acceptors (Lipinski definition) is 0. The highest BCUT2D eigenvalue weighted by Gasteiger charge is 2.00. The van der Waals surface area contributed by atoms with Crippen LogP contribution in [-0.4, -0.2) is 10.7 Å². The van der Waals surface area contributed by atoms with Gasteiger partial charge in [-0.05, 0) is 24.8 Å². The fraction of sp³-hybridized carbons (Fsp3) is 0.600. The number of alkyl halides is 2. The summed E-state index contributed by atoms with van der Waals surface area (Å²) in [5, 5.41) is 2.04. The van der Waals surface area contributed by atoms with Gasteiger partial charge in [0.2, 0.25) is 0 Å². The van der Waals surface area contributed by atoms with Gasteiger partial charge in [-0.2, -0.15) is 0 Å². The van der Waals surface area contributed by atoms with Crippen LogP contribution in [-0.2, 0) is 0 Å². The molecule has 0 bridgehead atoms. The Morgan fingerprint density at radius 3 is 2.25 bits per heavy atom. The standard InChI is InChI=1S/C10H16Br2/c1-3-4-10(6-8-12)9(2)5-7-11/h4H,2-3,5-8H2,1H3. The molecule has 0 aliphatic rings. The van der Waals surface area contributed by atoms with E-state index < -0.39 is 0 Å². The van der Waals surface area contributed by atoms with Gasteiger partial charge in [0.15, 0.2) is 0 Å². The van der Waals surface area contributed by atoms with E-state index in [0.29, 0.717) is 0 Å². The molecule has 2 heteroatoms. The molecule has 0 aromatic heterocycles. The first-order valence-electron chi connectivity index (χ1n) is 4.25. The molecule has 0 atom stereocenters. The monoisotopic (exact) mass is 294 g/mol. The maximum atomic E-state index is 4.06. The Morgan fingerprint density at radius 2 is 1.83 bits per heavy atom. The summed E-state index contributed by atoms with van der Waals surface area (Å²) in [6, 6.07) is 0. The first-order valence-corrected chi connectivity index (χ1v) is 6.49. The molecule has 0 radical (unpaired) electrons. The van der Waals surface area contributed by atoms with Crippen molar-refractivity contribution in [3.8, 4) is 0 Å². The average Bonchev–Trinajstić information content (AvgIpc) is 2.04. The van der Waals surface area contributed by atoms with E-state index in [1.165, 1.54) is 11.1 Å². The van der Waals surface area contributed by atoms with Gasteiger partial charge in [-0.25, -0.2) is 0 Å². The Kier molecular flexibility index (Phi) is 8.35. The van der Waals surface area contributed by atoms with E-state index in [1.54, 1.807) is 0 Å². The van der Waals surface area contributed by atoms with Crippen LogP contribution in [0, 0.1) is 0 Å². The molecule has 0 rings (SSSR count). The van der Waals surface area contributed by atoms with Gasteiger partial charge in [0.1, 0.15) is 0 Å². The highest BCUT2D eigenvalue weighted by molar-refractivity contribution is 9.09. The van der Waals surface area contributed by atoms with Gasteiger partial charge in [-0.15, -0.1) is 0 Å². The van der Waals surface area contributed by atoms with Crippen molar-refractivity contribution in [3.05, 3.63) is 23.8 Å². The van der Waals surface area contributed by atoms with Crippen LogP contribution < -0.4 is 0 Å². The fourth-order valence-corrected chi connectivity index (χ4v) is 1.95. The molecule has 0 aromatic carbocycles. The molecule has 0 aliphatic carbocycles. The van der Waals surface area contributed by atoms with Gasteiger partial charge in [0, 0.05) is 10.7 Å². The second-order valence-corrected chi connectivity index (χ2v) is 4.21. The van der Waals surface area contributed by atoms with Crippen molar-refractivity contribution in [1.29, 1.82) is 0 Å². The van der Waals surface area contributed by atoms with E-state index in [4.69, 9.17) is 0 Å². The molecule has 0 amide bonds. The van der Waals surface area contributed by atoms with Crippen LogP contribution in [0.25, 0.3) is 0 Å². The maximum Gasteiger partial charge on any atom is 0.00717 e.